The van der Waals surface area contributed by atoms with Crippen LogP contribution in [0.3, 0.4) is 0 Å². The molecule has 0 aliphatic heterocycles. The number of phenolic OH excluding ortho intramolecular Hbond substituents is 1. The lowest BCUT2D eigenvalue weighted by atomic mass is 9.96. The van der Waals surface area contributed by atoms with Crippen molar-refractivity contribution in [2.24, 2.45) is 0 Å². The number of hydrogen-bond acceptors (Lipinski definition) is 4. The summed E-state index contributed by atoms with van der Waals surface area (Å²) in [6, 6.07) is 6.74. The summed E-state index contributed by atoms with van der Waals surface area (Å²) in [6.45, 7) is 0.404. The molecule has 1 aliphatic rings. The Morgan fingerprint density at radius 3 is 2.80 bits per heavy atom. The monoisotopic (exact) mass is 272 g/mol. The molecule has 104 valence electrons. The Hall–Kier alpha value is -2.30. The number of hydrogen-bond donors (Lipinski definition) is 2. The molecular formula is C15H16N2O3. The van der Waals surface area contributed by atoms with Gasteiger partial charge in [0.2, 0.25) is 0 Å². The fourth-order valence-corrected chi connectivity index (χ4v) is 2.44. The molecule has 2 aromatic rings. The van der Waals surface area contributed by atoms with Crippen molar-refractivity contribution >= 4 is 5.91 Å². The Morgan fingerprint density at radius 1 is 1.25 bits per heavy atom. The summed E-state index contributed by atoms with van der Waals surface area (Å²) >= 11 is 0. The zero-order valence-electron chi connectivity index (χ0n) is 11.1. The second kappa shape index (κ2) is 5.36. The van der Waals surface area contributed by atoms with Crippen molar-refractivity contribution in [3.8, 4) is 5.75 Å². The molecule has 3 rings (SSSR count). The van der Waals surface area contributed by atoms with Gasteiger partial charge in [-0.25, -0.2) is 0 Å². The number of benzene rings is 1. The molecule has 0 bridgehead atoms. The number of phenols is 1. The highest BCUT2D eigenvalue weighted by atomic mass is 16.5. The Bertz CT molecular complexity index is 617. The van der Waals surface area contributed by atoms with E-state index in [0.717, 1.165) is 42.6 Å². The minimum absolute atomic E-state index is 0.204. The van der Waals surface area contributed by atoms with Crippen LogP contribution >= 0.6 is 0 Å². The number of fused-ring (bicyclic) bond motifs is 1. The molecule has 0 fully saturated rings. The average Bonchev–Trinajstić information content (AvgIpc) is 2.90. The lowest BCUT2D eigenvalue weighted by Gasteiger charge is -2.09. The molecule has 0 atom stereocenters. The summed E-state index contributed by atoms with van der Waals surface area (Å²) < 4.78 is 5.23. The van der Waals surface area contributed by atoms with E-state index in [1.54, 1.807) is 24.3 Å². The Kier molecular flexibility index (Phi) is 3.41. The molecule has 0 spiro atoms. The van der Waals surface area contributed by atoms with E-state index in [4.69, 9.17) is 4.52 Å². The van der Waals surface area contributed by atoms with E-state index in [2.05, 4.69) is 10.5 Å². The van der Waals surface area contributed by atoms with Crippen LogP contribution in [0.1, 0.15) is 40.2 Å². The molecule has 2 N–H and O–H groups in total. The highest BCUT2D eigenvalue weighted by Crippen LogP contribution is 2.24. The molecule has 20 heavy (non-hydrogen) atoms. The minimum atomic E-state index is -0.204. The molecule has 0 unspecified atom stereocenters. The molecular weight excluding hydrogens is 256 g/mol. The first kappa shape index (κ1) is 12.7. The zero-order chi connectivity index (χ0) is 13.9. The van der Waals surface area contributed by atoms with Crippen molar-refractivity contribution < 1.29 is 14.4 Å². The number of carbonyl (C=O) groups is 1. The van der Waals surface area contributed by atoms with Crippen LogP contribution in [0.2, 0.25) is 0 Å². The first-order valence-corrected chi connectivity index (χ1v) is 6.77. The summed E-state index contributed by atoms with van der Waals surface area (Å²) in [5.74, 6) is 0.863. The van der Waals surface area contributed by atoms with Gasteiger partial charge in [0.1, 0.15) is 11.5 Å². The van der Waals surface area contributed by atoms with Gasteiger partial charge in [-0.05, 0) is 37.0 Å². The summed E-state index contributed by atoms with van der Waals surface area (Å²) in [5, 5.41) is 15.9. The normalized spacial score (nSPS) is 13.8. The van der Waals surface area contributed by atoms with Crippen LogP contribution in [0.25, 0.3) is 0 Å². The van der Waals surface area contributed by atoms with Gasteiger partial charge in [0.25, 0.3) is 5.91 Å². The van der Waals surface area contributed by atoms with E-state index in [0.29, 0.717) is 12.2 Å². The lowest BCUT2D eigenvalue weighted by Crippen LogP contribution is -2.24. The van der Waals surface area contributed by atoms with Crippen molar-refractivity contribution in [1.82, 2.24) is 10.5 Å². The third-order valence-corrected chi connectivity index (χ3v) is 3.55. The van der Waals surface area contributed by atoms with Crippen molar-refractivity contribution in [2.45, 2.75) is 32.2 Å². The summed E-state index contributed by atoms with van der Waals surface area (Å²) in [6.07, 6.45) is 3.90. The maximum absolute atomic E-state index is 12.1. The number of amides is 1. The van der Waals surface area contributed by atoms with Crippen molar-refractivity contribution in [1.29, 1.82) is 0 Å². The SMILES string of the molecule is O=C(NCc1ccc(O)cc1)c1noc2c1CCCC2. The highest BCUT2D eigenvalue weighted by Gasteiger charge is 2.23. The first-order chi connectivity index (χ1) is 9.74. The van der Waals surface area contributed by atoms with E-state index in [-0.39, 0.29) is 11.7 Å². The van der Waals surface area contributed by atoms with Gasteiger partial charge >= 0.3 is 0 Å². The molecule has 1 aromatic carbocycles. The van der Waals surface area contributed by atoms with Crippen LogP contribution < -0.4 is 5.32 Å². The second-order valence-corrected chi connectivity index (χ2v) is 4.99. The summed E-state index contributed by atoms with van der Waals surface area (Å²) in [7, 11) is 0. The molecule has 0 radical (unpaired) electrons. The molecule has 1 amide bonds. The Balaban J connectivity index is 1.67. The molecule has 1 aromatic heterocycles. The van der Waals surface area contributed by atoms with Crippen LogP contribution in [-0.2, 0) is 19.4 Å². The predicted octanol–water partition coefficient (Wildman–Crippen LogP) is 2.19. The number of aromatic nitrogens is 1. The quantitative estimate of drug-likeness (QED) is 0.898. The van der Waals surface area contributed by atoms with Gasteiger partial charge in [-0.15, -0.1) is 0 Å². The van der Waals surface area contributed by atoms with E-state index in [1.165, 1.54) is 0 Å². The minimum Gasteiger partial charge on any atom is -0.508 e. The maximum atomic E-state index is 12.1. The number of aromatic hydroxyl groups is 1. The fraction of sp³-hybridized carbons (Fsp3) is 0.333. The fourth-order valence-electron chi connectivity index (χ4n) is 2.44. The third-order valence-electron chi connectivity index (χ3n) is 3.55. The lowest BCUT2D eigenvalue weighted by molar-refractivity contribution is 0.0941. The topological polar surface area (TPSA) is 75.4 Å². The summed E-state index contributed by atoms with van der Waals surface area (Å²) in [4.78, 5) is 12.1. The van der Waals surface area contributed by atoms with Crippen LogP contribution in [0.5, 0.6) is 5.75 Å². The average molecular weight is 272 g/mol. The van der Waals surface area contributed by atoms with Gasteiger partial charge in [0, 0.05) is 18.5 Å². The summed E-state index contributed by atoms with van der Waals surface area (Å²) in [5.41, 5.74) is 2.30. The first-order valence-electron chi connectivity index (χ1n) is 6.77. The molecule has 5 heteroatoms. The highest BCUT2D eigenvalue weighted by molar-refractivity contribution is 5.93. The molecule has 0 saturated heterocycles. The number of carbonyl (C=O) groups excluding carboxylic acids is 1. The van der Waals surface area contributed by atoms with Gasteiger partial charge in [0.05, 0.1) is 0 Å². The molecule has 5 nitrogen and oxygen atoms in total. The van der Waals surface area contributed by atoms with Gasteiger partial charge in [-0.3, -0.25) is 4.79 Å². The maximum Gasteiger partial charge on any atom is 0.274 e. The third kappa shape index (κ3) is 2.52. The van der Waals surface area contributed by atoms with Crippen molar-refractivity contribution in [2.75, 3.05) is 0 Å². The number of rotatable bonds is 3. The second-order valence-electron chi connectivity index (χ2n) is 4.99. The zero-order valence-corrected chi connectivity index (χ0v) is 11.1. The van der Waals surface area contributed by atoms with Crippen molar-refractivity contribution in [3.05, 3.63) is 46.8 Å². The number of nitrogens with zero attached hydrogens (tertiary/aromatic N) is 1. The number of nitrogens with one attached hydrogen (secondary N) is 1. The largest absolute Gasteiger partial charge is 0.508 e. The van der Waals surface area contributed by atoms with Gasteiger partial charge in [0.15, 0.2) is 5.69 Å². The smallest absolute Gasteiger partial charge is 0.274 e. The standard InChI is InChI=1S/C15H16N2O3/c18-11-7-5-10(6-8-11)9-16-15(19)14-12-3-1-2-4-13(12)20-17-14/h5-8,18H,1-4,9H2,(H,16,19). The van der Waals surface area contributed by atoms with E-state index in [1.807, 2.05) is 0 Å². The van der Waals surface area contributed by atoms with Gasteiger partial charge in [-0.1, -0.05) is 17.3 Å². The van der Waals surface area contributed by atoms with E-state index < -0.39 is 0 Å². The van der Waals surface area contributed by atoms with Crippen LogP contribution in [0.4, 0.5) is 0 Å². The number of aryl methyl sites for hydroxylation is 1. The van der Waals surface area contributed by atoms with Crippen LogP contribution in [0.15, 0.2) is 28.8 Å². The molecule has 0 saturated carbocycles. The van der Waals surface area contributed by atoms with Gasteiger partial charge in [-0.2, -0.15) is 0 Å². The predicted molar refractivity (Wildman–Crippen MR) is 72.4 cm³/mol. The molecule has 1 heterocycles. The van der Waals surface area contributed by atoms with E-state index >= 15 is 0 Å². The van der Waals surface area contributed by atoms with E-state index in [9.17, 15) is 9.90 Å². The van der Waals surface area contributed by atoms with Crippen molar-refractivity contribution in [3.63, 3.8) is 0 Å². The van der Waals surface area contributed by atoms with Crippen LogP contribution in [0, 0.1) is 0 Å². The Morgan fingerprint density at radius 2 is 2.00 bits per heavy atom. The van der Waals surface area contributed by atoms with Gasteiger partial charge < -0.3 is 14.9 Å². The van der Waals surface area contributed by atoms with Crippen LogP contribution in [-0.4, -0.2) is 16.2 Å². The molecule has 1 aliphatic carbocycles. The Labute approximate surface area is 116 Å².